The molecule has 0 bridgehead atoms. The molecule has 0 spiro atoms. The summed E-state index contributed by atoms with van der Waals surface area (Å²) in [5.41, 5.74) is 3.24. The van der Waals surface area contributed by atoms with Crippen LogP contribution >= 0.6 is 7.52 Å². The molecule has 2 fully saturated rings. The first kappa shape index (κ1) is 17.4. The minimum absolute atomic E-state index is 0.0765. The molecule has 0 amide bonds. The van der Waals surface area contributed by atoms with E-state index in [4.69, 9.17) is 4.52 Å². The van der Waals surface area contributed by atoms with Crippen LogP contribution in [0, 0.1) is 30.5 Å². The summed E-state index contributed by atoms with van der Waals surface area (Å²) in [5.74, 6) is 0. The molecule has 2 aliphatic rings. The third-order valence-corrected chi connectivity index (χ3v) is 9.70. The summed E-state index contributed by atoms with van der Waals surface area (Å²) >= 11 is 0. The zero-order valence-corrected chi connectivity index (χ0v) is 16.4. The molecule has 5 heteroatoms. The van der Waals surface area contributed by atoms with Crippen molar-refractivity contribution in [2.75, 3.05) is 7.05 Å². The van der Waals surface area contributed by atoms with Crippen LogP contribution in [0.5, 0.6) is 0 Å². The van der Waals surface area contributed by atoms with E-state index >= 15 is 0 Å². The Kier molecular flexibility index (Phi) is 4.65. The topological polar surface area (TPSA) is 29.5 Å². The average Bonchev–Trinajstić information content (AvgIpc) is 3.09. The fourth-order valence-corrected chi connectivity index (χ4v) is 8.59. The first-order valence-electron chi connectivity index (χ1n) is 8.08. The zero-order chi connectivity index (χ0) is 16.8. The van der Waals surface area contributed by atoms with Gasteiger partial charge in [0, 0.05) is 6.04 Å². The van der Waals surface area contributed by atoms with Gasteiger partial charge in [0.05, 0.1) is 13.7 Å². The minimum atomic E-state index is -3.01. The molecule has 0 unspecified atom stereocenters. The highest BCUT2D eigenvalue weighted by Crippen LogP contribution is 2.73. The van der Waals surface area contributed by atoms with Crippen LogP contribution in [0.3, 0.4) is 0 Å². The van der Waals surface area contributed by atoms with Crippen molar-refractivity contribution >= 4 is 15.6 Å². The van der Waals surface area contributed by atoms with Crippen LogP contribution in [0.2, 0.25) is 19.6 Å². The van der Waals surface area contributed by atoms with Crippen molar-refractivity contribution in [1.29, 1.82) is 0 Å². The van der Waals surface area contributed by atoms with Crippen LogP contribution in [-0.4, -0.2) is 25.8 Å². The van der Waals surface area contributed by atoms with E-state index in [1.54, 1.807) is 0 Å². The van der Waals surface area contributed by atoms with Gasteiger partial charge >= 0.3 is 0 Å². The van der Waals surface area contributed by atoms with E-state index in [2.05, 4.69) is 45.1 Å². The van der Waals surface area contributed by atoms with Gasteiger partial charge in [0.2, 0.25) is 0 Å². The highest BCUT2D eigenvalue weighted by Gasteiger charge is 2.57. The SMILES string of the molecule is C[C@H]1[C@@H](c2ccccc2)O[P@](=O)([C]2[CH][CH][CH][C]2[Si](C)(C)C)N1C. The molecule has 1 aliphatic carbocycles. The number of rotatable bonds is 3. The third kappa shape index (κ3) is 2.99. The molecule has 3 nitrogen and oxygen atoms in total. The molecular weight excluding hydrogens is 321 g/mol. The van der Waals surface area contributed by atoms with Crippen LogP contribution in [-0.2, 0) is 9.09 Å². The molecule has 123 valence electrons. The lowest BCUT2D eigenvalue weighted by atomic mass is 10.0. The lowest BCUT2D eigenvalue weighted by molar-refractivity contribution is 0.211. The summed E-state index contributed by atoms with van der Waals surface area (Å²) in [5, 5.41) is 0. The Morgan fingerprint density at radius 3 is 2.39 bits per heavy atom. The largest absolute Gasteiger partial charge is 0.307 e. The fraction of sp³-hybridized carbons (Fsp3) is 0.389. The summed E-state index contributed by atoms with van der Waals surface area (Å²) in [6.45, 7) is 8.94. The van der Waals surface area contributed by atoms with Gasteiger partial charge in [0.1, 0.15) is 6.10 Å². The van der Waals surface area contributed by atoms with Crippen molar-refractivity contribution < 1.29 is 9.09 Å². The summed E-state index contributed by atoms with van der Waals surface area (Å²) < 4.78 is 22.0. The molecule has 0 aromatic heterocycles. The average molecular weight is 346 g/mol. The Hall–Kier alpha value is -0.413. The van der Waals surface area contributed by atoms with E-state index in [1.807, 2.05) is 42.8 Å². The van der Waals surface area contributed by atoms with Gasteiger partial charge in [-0.25, -0.2) is 4.67 Å². The monoisotopic (exact) mass is 346 g/mol. The van der Waals surface area contributed by atoms with Gasteiger partial charge in [-0.05, 0) is 44.3 Å². The van der Waals surface area contributed by atoms with Gasteiger partial charge in [-0.1, -0.05) is 50.0 Å². The second-order valence-electron chi connectivity index (χ2n) is 7.35. The Labute approximate surface area is 141 Å². The van der Waals surface area contributed by atoms with Crippen LogP contribution in [0.25, 0.3) is 0 Å². The zero-order valence-electron chi connectivity index (χ0n) is 14.5. The molecular formula is C18H25NO2PSi. The minimum Gasteiger partial charge on any atom is -0.307 e. The molecule has 0 N–H and O–H groups in total. The fourth-order valence-electron chi connectivity index (χ4n) is 3.25. The van der Waals surface area contributed by atoms with Gasteiger partial charge < -0.3 is 4.52 Å². The van der Waals surface area contributed by atoms with Crippen LogP contribution in [0.4, 0.5) is 0 Å². The molecule has 1 aromatic rings. The first-order valence-corrected chi connectivity index (χ1v) is 13.2. The van der Waals surface area contributed by atoms with Gasteiger partial charge in [-0.15, -0.1) is 0 Å². The van der Waals surface area contributed by atoms with Crippen molar-refractivity contribution in [3.05, 3.63) is 66.4 Å². The lowest BCUT2D eigenvalue weighted by Gasteiger charge is -2.34. The Morgan fingerprint density at radius 2 is 1.78 bits per heavy atom. The van der Waals surface area contributed by atoms with E-state index in [1.165, 1.54) is 5.54 Å². The Bertz CT molecular complexity index is 601. The standard InChI is InChI=1S/C18H25NO2PSi/c1-14-18(15-10-7-6-8-11-15)21-22(20,19(14)2)16-12-9-13-17(16)23(3,4)5/h6-14,18H,1-5H3/t14-,18-,22+/m0/s1. The van der Waals surface area contributed by atoms with Gasteiger partial charge in [-0.3, -0.25) is 4.57 Å². The van der Waals surface area contributed by atoms with Crippen molar-refractivity contribution in [3.8, 4) is 0 Å². The second-order valence-corrected chi connectivity index (χ2v) is 14.7. The first-order chi connectivity index (χ1) is 10.7. The Morgan fingerprint density at radius 1 is 1.13 bits per heavy atom. The molecule has 1 aliphatic heterocycles. The van der Waals surface area contributed by atoms with Crippen LogP contribution in [0.15, 0.2) is 30.3 Å². The number of hydrogen-bond acceptors (Lipinski definition) is 2. The number of benzene rings is 1. The van der Waals surface area contributed by atoms with E-state index in [9.17, 15) is 4.57 Å². The molecule has 1 heterocycles. The molecule has 3 rings (SSSR count). The van der Waals surface area contributed by atoms with E-state index < -0.39 is 15.6 Å². The molecule has 23 heavy (non-hydrogen) atoms. The number of hydrogen-bond donors (Lipinski definition) is 0. The number of likely N-dealkylation sites (N-methyl/N-ethyl adjacent to an activating group) is 1. The Balaban J connectivity index is 1.92. The van der Waals surface area contributed by atoms with Crippen LogP contribution < -0.4 is 0 Å². The molecule has 3 atom stereocenters. The molecule has 1 saturated carbocycles. The van der Waals surface area contributed by atoms with Gasteiger partial charge in [-0.2, -0.15) is 0 Å². The lowest BCUT2D eigenvalue weighted by Crippen LogP contribution is -2.34. The van der Waals surface area contributed by atoms with Crippen molar-refractivity contribution in [2.45, 2.75) is 38.7 Å². The van der Waals surface area contributed by atoms with Gasteiger partial charge in [0.25, 0.3) is 7.52 Å². The van der Waals surface area contributed by atoms with E-state index in [0.29, 0.717) is 0 Å². The van der Waals surface area contributed by atoms with Crippen molar-refractivity contribution in [3.63, 3.8) is 0 Å². The van der Waals surface area contributed by atoms with Crippen LogP contribution in [0.1, 0.15) is 18.6 Å². The van der Waals surface area contributed by atoms with Crippen molar-refractivity contribution in [1.82, 2.24) is 4.67 Å². The summed E-state index contributed by atoms with van der Waals surface area (Å²) in [4.78, 5) is 0. The van der Waals surface area contributed by atoms with E-state index in [0.717, 1.165) is 11.2 Å². The highest BCUT2D eigenvalue weighted by atomic mass is 31.2. The maximum atomic E-state index is 13.8. The predicted molar refractivity (Wildman–Crippen MR) is 97.8 cm³/mol. The molecule has 1 aromatic carbocycles. The maximum absolute atomic E-state index is 13.8. The predicted octanol–water partition coefficient (Wildman–Crippen LogP) is 4.88. The van der Waals surface area contributed by atoms with Gasteiger partial charge in [0.15, 0.2) is 0 Å². The molecule has 1 saturated heterocycles. The summed E-state index contributed by atoms with van der Waals surface area (Å²) in [7, 11) is -2.66. The quantitative estimate of drug-likeness (QED) is 0.577. The van der Waals surface area contributed by atoms with E-state index in [-0.39, 0.29) is 12.1 Å². The molecule has 5 radical (unpaired) electrons. The normalized spacial score (nSPS) is 34.3. The summed E-state index contributed by atoms with van der Waals surface area (Å²) in [6, 6.07) is 10.2. The highest BCUT2D eigenvalue weighted by molar-refractivity contribution is 7.61. The second kappa shape index (κ2) is 6.14. The summed E-state index contributed by atoms with van der Waals surface area (Å²) in [6.07, 6.45) is 5.97. The van der Waals surface area contributed by atoms with Crippen molar-refractivity contribution in [2.24, 2.45) is 0 Å². The maximum Gasteiger partial charge on any atom is 0.280 e. The third-order valence-electron chi connectivity index (χ3n) is 4.73. The number of nitrogens with zero attached hydrogens (tertiary/aromatic N) is 1. The smallest absolute Gasteiger partial charge is 0.280 e.